The van der Waals surface area contributed by atoms with Crippen molar-refractivity contribution in [3.8, 4) is 0 Å². The predicted octanol–water partition coefficient (Wildman–Crippen LogP) is 1.15. The largest absolute Gasteiger partial charge is 2.00 e. The Bertz CT molecular complexity index is 1580. The van der Waals surface area contributed by atoms with E-state index in [4.69, 9.17) is 4.74 Å². The number of nitro groups is 2. The standard InChI is InChI=1S/C10H7N4O4S.C9H6N4O4S.Co/c1-18-8-4-6(15)2-3-7(8)12-13-10-11-5-9(19-10)14(16)17;14-5-1-2-6(7(15)3-5)11-12-9-10-4-8(18-9)13(16)17;/h2-5H,1H2,(H,11,13,15);1-4H,(H2,10,12,14,15);/q-1;;+2/p-2. The van der Waals surface area contributed by atoms with Gasteiger partial charge in [-0.3, -0.25) is 40.0 Å². The first-order valence-electron chi connectivity index (χ1n) is 9.43. The number of hydrogen-bond donors (Lipinski definition) is 1. The minimum absolute atomic E-state index is 0. The van der Waals surface area contributed by atoms with Gasteiger partial charge in [0.1, 0.15) is 22.9 Å². The maximum Gasteiger partial charge on any atom is 2.00 e. The van der Waals surface area contributed by atoms with Crippen molar-refractivity contribution in [3.63, 3.8) is 0 Å². The molecule has 4 rings (SSSR count). The maximum atomic E-state index is 11.1. The Morgan fingerprint density at radius 3 is 1.74 bits per heavy atom. The van der Waals surface area contributed by atoms with Gasteiger partial charge in [-0.05, 0) is 24.3 Å². The molecule has 197 valence electrons. The number of carbonyl (C=O) groups is 2. The second-order valence-corrected chi connectivity index (χ2v) is 8.28. The van der Waals surface area contributed by atoms with E-state index in [1.54, 1.807) is 0 Å². The molecule has 2 aromatic rings. The van der Waals surface area contributed by atoms with Gasteiger partial charge in [-0.15, -0.1) is 0 Å². The van der Waals surface area contributed by atoms with E-state index < -0.39 is 9.85 Å². The monoisotopic (exact) mass is 602 g/mol. The molecular formula is C19H11CoN8O8S2-. The van der Waals surface area contributed by atoms with E-state index in [0.717, 1.165) is 41.1 Å². The normalized spacial score (nSPS) is 17.5. The number of aromatic nitrogens is 2. The third kappa shape index (κ3) is 8.23. The summed E-state index contributed by atoms with van der Waals surface area (Å²) in [5, 5.41) is 44.8. The number of aliphatic hydroxyl groups excluding tert-OH is 1. The van der Waals surface area contributed by atoms with Crippen LogP contribution in [-0.2, 0) is 31.1 Å². The number of nitrogens with zero attached hydrogens (tertiary/aromatic N) is 8. The van der Waals surface area contributed by atoms with E-state index in [0.29, 0.717) is 0 Å². The van der Waals surface area contributed by atoms with Crippen molar-refractivity contribution in [3.05, 3.63) is 97.3 Å². The average molecular weight is 602 g/mol. The van der Waals surface area contributed by atoms with Crippen molar-refractivity contribution < 1.29 is 46.1 Å². The van der Waals surface area contributed by atoms with E-state index in [9.17, 15) is 34.9 Å². The van der Waals surface area contributed by atoms with Crippen molar-refractivity contribution in [2.45, 2.75) is 0 Å². The second kappa shape index (κ2) is 13.6. The molecule has 0 saturated carbocycles. The number of ketones is 2. The zero-order chi connectivity index (χ0) is 26.9. The molecule has 0 aliphatic heterocycles. The zero-order valence-corrected chi connectivity index (χ0v) is 21.0. The average Bonchev–Trinajstić information content (AvgIpc) is 3.53. The fourth-order valence-electron chi connectivity index (χ4n) is 2.25. The molecule has 0 bridgehead atoms. The van der Waals surface area contributed by atoms with Crippen molar-refractivity contribution in [1.82, 2.24) is 9.97 Å². The van der Waals surface area contributed by atoms with E-state index in [-0.39, 0.29) is 70.9 Å². The van der Waals surface area contributed by atoms with Gasteiger partial charge in [0, 0.05) is 34.1 Å². The summed E-state index contributed by atoms with van der Waals surface area (Å²) >= 11 is 1.54. The van der Waals surface area contributed by atoms with Gasteiger partial charge >= 0.3 is 26.8 Å². The van der Waals surface area contributed by atoms with Gasteiger partial charge in [-0.1, -0.05) is 22.7 Å². The Labute approximate surface area is 229 Å². The first-order valence-corrected chi connectivity index (χ1v) is 11.1. The minimum atomic E-state index is -0.583. The SMILES string of the molecule is O=C1C=C/C(=N\N=c2/[n-]cc([N+](=O)[O-])s2)C(O)=C1.[CH2-]OC1=CC(=O)C=C/C1=N\N=c1/[n-]cc([N+](=O)[O-])s1.[Co+2]. The molecule has 2 heterocycles. The molecule has 2 aliphatic rings. The van der Waals surface area contributed by atoms with Crippen molar-refractivity contribution in [1.29, 1.82) is 0 Å². The van der Waals surface area contributed by atoms with Crippen LogP contribution in [0, 0.1) is 27.3 Å². The molecule has 16 nitrogen and oxygen atoms in total. The summed E-state index contributed by atoms with van der Waals surface area (Å²) in [5.74, 6) is -0.738. The molecule has 0 amide bonds. The van der Waals surface area contributed by atoms with Crippen molar-refractivity contribution in [2.24, 2.45) is 20.4 Å². The molecule has 0 atom stereocenters. The molecule has 1 radical (unpaired) electrons. The summed E-state index contributed by atoms with van der Waals surface area (Å²) < 4.78 is 4.73. The number of hydrogen-bond acceptors (Lipinski definition) is 14. The van der Waals surface area contributed by atoms with Crippen LogP contribution in [0.2, 0.25) is 0 Å². The summed E-state index contributed by atoms with van der Waals surface area (Å²) in [4.78, 5) is 49.3. The van der Waals surface area contributed by atoms with Crippen LogP contribution >= 0.6 is 22.7 Å². The van der Waals surface area contributed by atoms with Gasteiger partial charge < -0.3 is 30.0 Å². The topological polar surface area (TPSA) is 228 Å². The van der Waals surface area contributed by atoms with Crippen LogP contribution in [0.4, 0.5) is 10.0 Å². The van der Waals surface area contributed by atoms with Gasteiger partial charge in [-0.25, -0.2) is 0 Å². The van der Waals surface area contributed by atoms with E-state index in [1.807, 2.05) is 0 Å². The van der Waals surface area contributed by atoms with Gasteiger partial charge in [0.25, 0.3) is 0 Å². The summed E-state index contributed by atoms with van der Waals surface area (Å²) in [6, 6.07) is 0. The Morgan fingerprint density at radius 1 is 0.816 bits per heavy atom. The third-order valence-corrected chi connectivity index (χ3v) is 5.51. The van der Waals surface area contributed by atoms with Crippen LogP contribution in [-0.4, -0.2) is 37.9 Å². The summed E-state index contributed by atoms with van der Waals surface area (Å²) in [7, 11) is 3.20. The molecule has 2 aliphatic carbocycles. The summed E-state index contributed by atoms with van der Waals surface area (Å²) in [6.45, 7) is 0. The number of rotatable bonds is 5. The molecule has 2 aromatic heterocycles. The number of aliphatic hydroxyl groups is 1. The number of allylic oxidation sites excluding steroid dienone is 6. The van der Waals surface area contributed by atoms with Crippen LogP contribution in [0.25, 0.3) is 0 Å². The van der Waals surface area contributed by atoms with Gasteiger partial charge in [0.2, 0.25) is 0 Å². The van der Waals surface area contributed by atoms with Crippen LogP contribution in [0.15, 0.2) is 80.8 Å². The number of ether oxygens (including phenoxy) is 1. The maximum absolute atomic E-state index is 11.1. The first-order chi connectivity index (χ1) is 17.7. The van der Waals surface area contributed by atoms with E-state index >= 15 is 0 Å². The van der Waals surface area contributed by atoms with Crippen LogP contribution < -0.4 is 19.6 Å². The Hall–Kier alpha value is -4.59. The first kappa shape index (κ1) is 29.6. The molecule has 0 aromatic carbocycles. The third-order valence-electron chi connectivity index (χ3n) is 3.84. The predicted molar refractivity (Wildman–Crippen MR) is 128 cm³/mol. The van der Waals surface area contributed by atoms with E-state index in [2.05, 4.69) is 37.5 Å². The molecule has 0 spiro atoms. The van der Waals surface area contributed by atoms with E-state index in [1.165, 1.54) is 30.4 Å². The zero-order valence-electron chi connectivity index (χ0n) is 18.4. The van der Waals surface area contributed by atoms with Gasteiger partial charge in [-0.2, -0.15) is 7.11 Å². The van der Waals surface area contributed by atoms with Crippen LogP contribution in [0.1, 0.15) is 0 Å². The number of thiazole rings is 2. The summed E-state index contributed by atoms with van der Waals surface area (Å²) in [5.41, 5.74) is 0.375. The molecular weight excluding hydrogens is 591 g/mol. The summed E-state index contributed by atoms with van der Waals surface area (Å²) in [6.07, 6.45) is 9.60. The smallest absolute Gasteiger partial charge is 0.664 e. The molecule has 38 heavy (non-hydrogen) atoms. The van der Waals surface area contributed by atoms with Gasteiger partial charge in [0.15, 0.2) is 11.6 Å². The van der Waals surface area contributed by atoms with Crippen molar-refractivity contribution >= 4 is 55.7 Å². The molecule has 0 fully saturated rings. The number of carbonyl (C=O) groups excluding carboxylic acids is 2. The second-order valence-electron chi connectivity index (χ2n) is 6.30. The molecule has 19 heteroatoms. The fourth-order valence-corrected chi connectivity index (χ4v) is 3.36. The fraction of sp³-hybridized carbons (Fsp3) is 0. The minimum Gasteiger partial charge on any atom is -0.664 e. The van der Waals surface area contributed by atoms with Crippen molar-refractivity contribution in [2.75, 3.05) is 0 Å². The molecule has 0 saturated heterocycles. The molecule has 0 unspecified atom stereocenters. The van der Waals surface area contributed by atoms with Crippen LogP contribution in [0.3, 0.4) is 0 Å². The Morgan fingerprint density at radius 2 is 1.29 bits per heavy atom. The van der Waals surface area contributed by atoms with Gasteiger partial charge in [0.05, 0.1) is 9.85 Å². The Balaban J connectivity index is 0.000000260. The Kier molecular flexibility index (Phi) is 10.6. The quantitative estimate of drug-likeness (QED) is 0.222. The molecule has 1 N–H and O–H groups in total. The van der Waals surface area contributed by atoms with Crippen LogP contribution in [0.5, 0.6) is 0 Å².